The van der Waals surface area contributed by atoms with Gasteiger partial charge in [-0.25, -0.2) is 0 Å². The van der Waals surface area contributed by atoms with E-state index in [0.29, 0.717) is 0 Å². The maximum atomic E-state index is 0. The summed E-state index contributed by atoms with van der Waals surface area (Å²) in [6.45, 7) is 0. The van der Waals surface area contributed by atoms with Crippen molar-refractivity contribution in [2.75, 3.05) is 0 Å². The van der Waals surface area contributed by atoms with E-state index < -0.39 is 0 Å². The van der Waals surface area contributed by atoms with Gasteiger partial charge in [-0.2, -0.15) is 0 Å². The predicted octanol–water partition coefficient (Wildman–Crippen LogP) is -15.0. The van der Waals surface area contributed by atoms with Crippen LogP contribution in [0.1, 0.15) is 0 Å². The molecule has 0 aromatic rings. The monoisotopic (exact) mass is 240 g/mol. The third kappa shape index (κ3) is 36.2. The van der Waals surface area contributed by atoms with Crippen LogP contribution < -0.4 is 48.4 Å². The van der Waals surface area contributed by atoms with Crippen molar-refractivity contribution in [3.63, 3.8) is 0 Å². The van der Waals surface area contributed by atoms with Gasteiger partial charge in [0.1, 0.15) is 0 Å². The van der Waals surface area contributed by atoms with E-state index in [2.05, 4.69) is 0 Å². The Bertz CT molecular complexity index is 7.51. The van der Waals surface area contributed by atoms with Crippen molar-refractivity contribution in [1.82, 2.24) is 0 Å². The van der Waals surface area contributed by atoms with E-state index in [1.807, 2.05) is 0 Å². The number of rotatable bonds is 0. The topological polar surface area (TPSA) is 0 Å². The van der Waals surface area contributed by atoms with Crippen molar-refractivity contribution >= 4 is 0 Å². The van der Waals surface area contributed by atoms with Gasteiger partial charge in [0, 0.05) is 0 Å². The van der Waals surface area contributed by atoms with Gasteiger partial charge < -0.3 is 18.8 Å². The van der Waals surface area contributed by atoms with Gasteiger partial charge >= 0.3 is 70.8 Å². The van der Waals surface area contributed by atoms with Crippen molar-refractivity contribution in [2.24, 2.45) is 0 Å². The molecule has 0 bridgehead atoms. The molecule has 6 heavy (non-hydrogen) atoms. The largest absolute Gasteiger partial charge is 3.00 e. The van der Waals surface area contributed by atoms with Crippen LogP contribution in [0.4, 0.5) is 0 Å². The summed E-state index contributed by atoms with van der Waals surface area (Å²) in [6, 6.07) is 0. The number of halogens is 4. The minimum Gasteiger partial charge on any atom is -1.00 e. The maximum Gasteiger partial charge on any atom is 3.00 e. The Morgan fingerprint density at radius 1 is 0.500 bits per heavy atom. The average molecular weight is 240 g/mol. The first-order valence-corrected chi connectivity index (χ1v) is 0. The molecule has 0 saturated heterocycles. The van der Waals surface area contributed by atoms with Crippen LogP contribution in [-0.2, 0) is 0 Å². The predicted molar refractivity (Wildman–Crippen MR) is 0 cm³/mol. The van der Waals surface area contributed by atoms with Crippen LogP contribution >= 0.6 is 0 Å². The van der Waals surface area contributed by atoms with Gasteiger partial charge in [0.05, 0.1) is 0 Å². The molecule has 0 spiro atoms. The number of hydrogen-bond acceptors (Lipinski definition) is 0. The van der Waals surface area contributed by atoms with E-state index in [1.165, 1.54) is 0 Å². The molecule has 0 saturated carbocycles. The quantitative estimate of drug-likeness (QED) is 0.291. The van der Waals surface area contributed by atoms with Gasteiger partial charge in [-0.05, 0) is 0 Å². The summed E-state index contributed by atoms with van der Waals surface area (Å²) in [5.74, 6) is 0. The van der Waals surface area contributed by atoms with Crippen LogP contribution in [0, 0.1) is 41.3 Å². The summed E-state index contributed by atoms with van der Waals surface area (Å²) >= 11 is 0. The van der Waals surface area contributed by atoms with Crippen molar-refractivity contribution in [3.05, 3.63) is 0 Å². The molecule has 0 N–H and O–H groups in total. The van der Waals surface area contributed by atoms with Gasteiger partial charge in [0.25, 0.3) is 0 Å². The third-order valence-corrected chi connectivity index (χ3v) is 0. The van der Waals surface area contributed by atoms with E-state index in [4.69, 9.17) is 0 Å². The molecular formula is F4NaPr. The van der Waals surface area contributed by atoms with E-state index in [-0.39, 0.29) is 89.7 Å². The minimum atomic E-state index is 0. The molecule has 0 heterocycles. The molecule has 0 aromatic heterocycles. The van der Waals surface area contributed by atoms with Crippen LogP contribution in [-0.4, -0.2) is 0 Å². The molecule has 0 aliphatic carbocycles. The van der Waals surface area contributed by atoms with E-state index >= 15 is 0 Å². The Labute approximate surface area is 88.2 Å². The smallest absolute Gasteiger partial charge is 1.00 e. The fourth-order valence-electron chi connectivity index (χ4n) is 0. The van der Waals surface area contributed by atoms with Crippen LogP contribution in [0.25, 0.3) is 0 Å². The molecule has 0 aliphatic rings. The molecule has 0 aromatic carbocycles. The normalized spacial score (nSPS) is 0. The average Bonchev–Trinajstić information content (AvgIpc) is 0. The summed E-state index contributed by atoms with van der Waals surface area (Å²) < 4.78 is 0. The molecule has 0 nitrogen and oxygen atoms in total. The Kier molecular flexibility index (Phi) is 940. The summed E-state index contributed by atoms with van der Waals surface area (Å²) in [5.41, 5.74) is 0. The molecule has 0 aliphatic heterocycles. The maximum absolute atomic E-state index is 0. The second-order valence-corrected chi connectivity index (χ2v) is 0. The Balaban J connectivity index is 0. The first-order valence-electron chi connectivity index (χ1n) is 0. The van der Waals surface area contributed by atoms with E-state index in [0.717, 1.165) is 0 Å². The van der Waals surface area contributed by atoms with Crippen molar-refractivity contribution in [3.8, 4) is 0 Å². The molecule has 0 rings (SSSR count). The van der Waals surface area contributed by atoms with Crippen molar-refractivity contribution in [1.29, 1.82) is 0 Å². The second-order valence-electron chi connectivity index (χ2n) is 0. The van der Waals surface area contributed by atoms with Gasteiger partial charge in [0.2, 0.25) is 0 Å². The standard InChI is InChI=1S/4FH.Na.Pr/h4*1H;;/q;;;;+1;+3/p-4. The van der Waals surface area contributed by atoms with Crippen molar-refractivity contribution < 1.29 is 89.7 Å². The summed E-state index contributed by atoms with van der Waals surface area (Å²) in [5, 5.41) is 0. The molecule has 32 valence electrons. The summed E-state index contributed by atoms with van der Waals surface area (Å²) in [7, 11) is 0. The third-order valence-electron chi connectivity index (χ3n) is 0. The van der Waals surface area contributed by atoms with Crippen molar-refractivity contribution in [2.45, 2.75) is 0 Å². The van der Waals surface area contributed by atoms with E-state index in [9.17, 15) is 0 Å². The van der Waals surface area contributed by atoms with Gasteiger partial charge in [-0.15, -0.1) is 0 Å². The molecule has 6 heteroatoms. The van der Waals surface area contributed by atoms with Gasteiger partial charge in [0.15, 0.2) is 0 Å². The zero-order chi connectivity index (χ0) is 0. The van der Waals surface area contributed by atoms with Crippen LogP contribution in [0.15, 0.2) is 0 Å². The van der Waals surface area contributed by atoms with Crippen LogP contribution in [0.2, 0.25) is 0 Å². The number of hydrogen-bond donors (Lipinski definition) is 0. The Morgan fingerprint density at radius 3 is 0.500 bits per heavy atom. The SMILES string of the molecule is [F-].[F-].[F-].[F-].[Na+].[Pr+3]. The molecule has 0 amide bonds. The Hall–Kier alpha value is 2.08. The van der Waals surface area contributed by atoms with Gasteiger partial charge in [-0.1, -0.05) is 0 Å². The van der Waals surface area contributed by atoms with Crippen LogP contribution in [0.3, 0.4) is 0 Å². The van der Waals surface area contributed by atoms with E-state index in [1.54, 1.807) is 0 Å². The molecule has 0 radical (unpaired) electrons. The molecular weight excluding hydrogens is 240 g/mol. The molecule has 0 fully saturated rings. The fourth-order valence-corrected chi connectivity index (χ4v) is 0. The van der Waals surface area contributed by atoms with Gasteiger partial charge in [-0.3, -0.25) is 0 Å². The minimum absolute atomic E-state index is 0. The summed E-state index contributed by atoms with van der Waals surface area (Å²) in [6.07, 6.45) is 0. The first kappa shape index (κ1) is 93.4. The van der Waals surface area contributed by atoms with Crippen LogP contribution in [0.5, 0.6) is 0 Å². The Morgan fingerprint density at radius 2 is 0.500 bits per heavy atom. The summed E-state index contributed by atoms with van der Waals surface area (Å²) in [4.78, 5) is 0. The fraction of sp³-hybridized carbons (Fsp3) is 0. The zero-order valence-electron chi connectivity index (χ0n) is 3.09. The first-order chi connectivity index (χ1) is 0. The molecule has 0 unspecified atom stereocenters. The molecule has 0 atom stereocenters. The zero-order valence-corrected chi connectivity index (χ0v) is 8.79. The second kappa shape index (κ2) is 60.4.